The SMILES string of the molecule is NC(=O)C1CN(C(=O)c2c3c(nc4ccccc24)C(=Cc2ccc(Cl)cc2)CC3)CCO1. The first-order chi connectivity index (χ1) is 15.5. The van der Waals surface area contributed by atoms with E-state index in [0.717, 1.165) is 46.1 Å². The molecule has 3 aromatic rings. The Kier molecular flexibility index (Phi) is 5.41. The van der Waals surface area contributed by atoms with Gasteiger partial charge in [-0.2, -0.15) is 0 Å². The molecule has 1 unspecified atom stereocenters. The van der Waals surface area contributed by atoms with Crippen LogP contribution in [0.1, 0.15) is 33.6 Å². The molecule has 32 heavy (non-hydrogen) atoms. The van der Waals surface area contributed by atoms with Crippen molar-refractivity contribution in [3.8, 4) is 0 Å². The number of carbonyl (C=O) groups excluding carboxylic acids is 2. The maximum absolute atomic E-state index is 13.7. The van der Waals surface area contributed by atoms with Gasteiger partial charge in [0.1, 0.15) is 0 Å². The summed E-state index contributed by atoms with van der Waals surface area (Å²) in [5, 5.41) is 1.52. The fourth-order valence-electron chi connectivity index (χ4n) is 4.45. The largest absolute Gasteiger partial charge is 0.367 e. The Morgan fingerprint density at radius 1 is 1.12 bits per heavy atom. The topological polar surface area (TPSA) is 85.5 Å². The zero-order chi connectivity index (χ0) is 22.2. The van der Waals surface area contributed by atoms with Crippen LogP contribution in [0.25, 0.3) is 22.6 Å². The van der Waals surface area contributed by atoms with E-state index in [1.165, 1.54) is 0 Å². The second kappa shape index (κ2) is 8.37. The van der Waals surface area contributed by atoms with Crippen molar-refractivity contribution in [1.29, 1.82) is 0 Å². The van der Waals surface area contributed by atoms with Crippen molar-refractivity contribution in [3.63, 3.8) is 0 Å². The van der Waals surface area contributed by atoms with Crippen molar-refractivity contribution >= 4 is 46.0 Å². The minimum absolute atomic E-state index is 0.109. The minimum Gasteiger partial charge on any atom is -0.367 e. The minimum atomic E-state index is -0.783. The van der Waals surface area contributed by atoms with Gasteiger partial charge in [0.2, 0.25) is 5.91 Å². The van der Waals surface area contributed by atoms with Crippen molar-refractivity contribution in [2.75, 3.05) is 19.7 Å². The van der Waals surface area contributed by atoms with Gasteiger partial charge in [-0.1, -0.05) is 41.9 Å². The molecule has 2 heterocycles. The molecular weight excluding hydrogens is 426 g/mol. The monoisotopic (exact) mass is 447 g/mol. The number of nitrogens with two attached hydrogens (primary N) is 1. The number of allylic oxidation sites excluding steroid dienone is 1. The Bertz CT molecular complexity index is 1250. The van der Waals surface area contributed by atoms with Gasteiger partial charge >= 0.3 is 0 Å². The van der Waals surface area contributed by atoms with Crippen LogP contribution in [0, 0.1) is 0 Å². The summed E-state index contributed by atoms with van der Waals surface area (Å²) in [5.74, 6) is -0.664. The first-order valence-corrected chi connectivity index (χ1v) is 11.0. The van der Waals surface area contributed by atoms with E-state index in [1.807, 2.05) is 48.5 Å². The molecule has 5 rings (SSSR count). The molecule has 1 aliphatic carbocycles. The summed E-state index contributed by atoms with van der Waals surface area (Å²) in [7, 11) is 0. The lowest BCUT2D eigenvalue weighted by molar-refractivity contribution is -0.133. The average Bonchev–Trinajstić information content (AvgIpc) is 3.20. The Morgan fingerprint density at radius 3 is 2.69 bits per heavy atom. The zero-order valence-electron chi connectivity index (χ0n) is 17.4. The number of halogens is 1. The van der Waals surface area contributed by atoms with E-state index < -0.39 is 12.0 Å². The first-order valence-electron chi connectivity index (χ1n) is 10.6. The highest BCUT2D eigenvalue weighted by Gasteiger charge is 2.33. The predicted molar refractivity (Wildman–Crippen MR) is 124 cm³/mol. The number of rotatable bonds is 3. The van der Waals surface area contributed by atoms with Gasteiger partial charge < -0.3 is 15.4 Å². The third-order valence-corrected chi connectivity index (χ3v) is 6.29. The van der Waals surface area contributed by atoms with Gasteiger partial charge in [-0.05, 0) is 53.8 Å². The van der Waals surface area contributed by atoms with Crippen molar-refractivity contribution in [3.05, 3.63) is 75.9 Å². The van der Waals surface area contributed by atoms with Gasteiger partial charge in [0.05, 0.1) is 29.9 Å². The fourth-order valence-corrected chi connectivity index (χ4v) is 4.57. The molecule has 2 aliphatic rings. The lowest BCUT2D eigenvalue weighted by atomic mass is 9.99. The number of para-hydroxylation sites is 1. The molecular formula is C25H22ClN3O3. The standard InChI is InChI=1S/C25H22ClN3O3/c26-17-8-5-15(6-9-17)13-16-7-10-19-22(18-3-1-2-4-20(18)28-23(16)19)25(31)29-11-12-32-21(14-29)24(27)30/h1-6,8-9,13,21H,7,10-12,14H2,(H2,27,30). The maximum atomic E-state index is 13.7. The molecule has 1 fully saturated rings. The van der Waals surface area contributed by atoms with Crippen LogP contribution in [0.5, 0.6) is 0 Å². The molecule has 2 N–H and O–H groups in total. The Hall–Kier alpha value is -3.22. The van der Waals surface area contributed by atoms with Crippen LogP contribution in [-0.4, -0.2) is 47.5 Å². The number of ether oxygens (including phenoxy) is 1. The highest BCUT2D eigenvalue weighted by molar-refractivity contribution is 6.30. The normalized spacial score (nSPS) is 19.3. The van der Waals surface area contributed by atoms with Crippen LogP contribution in [-0.2, 0) is 16.0 Å². The van der Waals surface area contributed by atoms with Crippen LogP contribution in [0.2, 0.25) is 5.02 Å². The summed E-state index contributed by atoms with van der Waals surface area (Å²) in [4.78, 5) is 31.9. The molecule has 7 heteroatoms. The number of nitrogens with zero attached hydrogens (tertiary/aromatic N) is 2. The molecule has 1 aromatic heterocycles. The second-order valence-electron chi connectivity index (χ2n) is 8.07. The molecule has 0 saturated carbocycles. The molecule has 0 spiro atoms. The van der Waals surface area contributed by atoms with Gasteiger partial charge in [0.15, 0.2) is 6.10 Å². The second-order valence-corrected chi connectivity index (χ2v) is 8.50. The summed E-state index contributed by atoms with van der Waals surface area (Å²) in [6, 6.07) is 15.4. The summed E-state index contributed by atoms with van der Waals surface area (Å²) in [5.41, 5.74) is 10.8. The predicted octanol–water partition coefficient (Wildman–Crippen LogP) is 3.70. The summed E-state index contributed by atoms with van der Waals surface area (Å²) < 4.78 is 5.43. The average molecular weight is 448 g/mol. The molecule has 2 aromatic carbocycles. The number of primary amides is 1. The van der Waals surface area contributed by atoms with Crippen molar-refractivity contribution < 1.29 is 14.3 Å². The molecule has 1 aliphatic heterocycles. The maximum Gasteiger partial charge on any atom is 0.255 e. The Morgan fingerprint density at radius 2 is 1.91 bits per heavy atom. The van der Waals surface area contributed by atoms with Crippen molar-refractivity contribution in [1.82, 2.24) is 9.88 Å². The summed E-state index contributed by atoms with van der Waals surface area (Å²) >= 11 is 6.02. The van der Waals surface area contributed by atoms with E-state index in [1.54, 1.807) is 4.90 Å². The quantitative estimate of drug-likeness (QED) is 0.663. The number of benzene rings is 2. The summed E-state index contributed by atoms with van der Waals surface area (Å²) in [6.45, 7) is 0.862. The van der Waals surface area contributed by atoms with Crippen LogP contribution in [0.3, 0.4) is 0 Å². The lowest BCUT2D eigenvalue weighted by Crippen LogP contribution is -2.50. The van der Waals surface area contributed by atoms with Crippen molar-refractivity contribution in [2.45, 2.75) is 18.9 Å². The molecule has 162 valence electrons. The number of hydrogen-bond acceptors (Lipinski definition) is 4. The fraction of sp³-hybridized carbons (Fsp3) is 0.240. The van der Waals surface area contributed by atoms with Gasteiger partial charge in [-0.3, -0.25) is 9.59 Å². The molecule has 1 atom stereocenters. The molecule has 6 nitrogen and oxygen atoms in total. The number of hydrogen-bond donors (Lipinski definition) is 1. The number of amides is 2. The van der Waals surface area contributed by atoms with Crippen LogP contribution < -0.4 is 5.73 Å². The van der Waals surface area contributed by atoms with Crippen LogP contribution in [0.4, 0.5) is 0 Å². The highest BCUT2D eigenvalue weighted by atomic mass is 35.5. The van der Waals surface area contributed by atoms with Gasteiger partial charge in [0, 0.05) is 17.0 Å². The van der Waals surface area contributed by atoms with E-state index in [9.17, 15) is 9.59 Å². The number of pyridine rings is 1. The molecule has 1 saturated heterocycles. The number of carbonyl (C=O) groups is 2. The highest BCUT2D eigenvalue weighted by Crippen LogP contribution is 2.38. The Labute approximate surface area is 190 Å². The molecule has 2 amide bonds. The third kappa shape index (κ3) is 3.76. The number of morpholine rings is 1. The third-order valence-electron chi connectivity index (χ3n) is 6.04. The van der Waals surface area contributed by atoms with E-state index in [0.29, 0.717) is 17.1 Å². The van der Waals surface area contributed by atoms with Gasteiger partial charge in [-0.25, -0.2) is 4.98 Å². The first kappa shape index (κ1) is 20.7. The zero-order valence-corrected chi connectivity index (χ0v) is 18.1. The van der Waals surface area contributed by atoms with E-state index >= 15 is 0 Å². The van der Waals surface area contributed by atoms with E-state index in [4.69, 9.17) is 27.1 Å². The van der Waals surface area contributed by atoms with Crippen molar-refractivity contribution in [2.24, 2.45) is 5.73 Å². The number of aromatic nitrogens is 1. The van der Waals surface area contributed by atoms with Gasteiger partial charge in [-0.15, -0.1) is 0 Å². The van der Waals surface area contributed by atoms with E-state index in [2.05, 4.69) is 6.08 Å². The van der Waals surface area contributed by atoms with Crippen LogP contribution in [0.15, 0.2) is 48.5 Å². The van der Waals surface area contributed by atoms with E-state index in [-0.39, 0.29) is 19.1 Å². The molecule has 0 radical (unpaired) electrons. The summed E-state index contributed by atoms with van der Waals surface area (Å²) in [6.07, 6.45) is 2.86. The van der Waals surface area contributed by atoms with Gasteiger partial charge in [0.25, 0.3) is 5.91 Å². The lowest BCUT2D eigenvalue weighted by Gasteiger charge is -2.32. The Balaban J connectivity index is 1.60. The smallest absolute Gasteiger partial charge is 0.255 e. The van der Waals surface area contributed by atoms with Crippen LogP contribution >= 0.6 is 11.6 Å². The number of fused-ring (bicyclic) bond motifs is 2. The molecule has 0 bridgehead atoms.